The van der Waals surface area contributed by atoms with Crippen LogP contribution >= 0.6 is 0 Å². The van der Waals surface area contributed by atoms with Gasteiger partial charge >= 0.3 is 12.5 Å². The van der Waals surface area contributed by atoms with Crippen molar-refractivity contribution in [2.75, 3.05) is 7.11 Å². The Morgan fingerprint density at radius 3 is 2.55 bits per heavy atom. The van der Waals surface area contributed by atoms with Crippen molar-refractivity contribution in [3.8, 4) is 0 Å². The van der Waals surface area contributed by atoms with Gasteiger partial charge in [-0.2, -0.15) is 8.78 Å². The first-order valence-corrected chi connectivity index (χ1v) is 2.66. The molecule has 0 fully saturated rings. The van der Waals surface area contributed by atoms with Crippen LogP contribution in [0.2, 0.25) is 0 Å². The minimum Gasteiger partial charge on any atom is -0.464 e. The number of carbonyl (C=O) groups is 1. The molecule has 0 aliphatic rings. The monoisotopic (exact) mass is 166 g/mol. The van der Waals surface area contributed by atoms with E-state index in [0.717, 1.165) is 13.3 Å². The predicted molar refractivity (Wildman–Crippen MR) is 33.4 cm³/mol. The Kier molecular flexibility index (Phi) is 3.94. The molecule has 0 aromatic rings. The van der Waals surface area contributed by atoms with Crippen LogP contribution in [0.25, 0.3) is 0 Å². The largest absolute Gasteiger partial charge is 0.464 e. The van der Waals surface area contributed by atoms with E-state index in [1.54, 1.807) is 0 Å². The maximum absolute atomic E-state index is 11.6. The fourth-order valence-electron chi connectivity index (χ4n) is 0.403. The molecular formula is C5H8F2N2O2. The second kappa shape index (κ2) is 4.48. The molecule has 0 aliphatic carbocycles. The van der Waals surface area contributed by atoms with Gasteiger partial charge in [0.25, 0.3) is 0 Å². The Hall–Kier alpha value is -1.33. The molecule has 0 aliphatic heterocycles. The van der Waals surface area contributed by atoms with Crippen molar-refractivity contribution < 1.29 is 18.3 Å². The van der Waals surface area contributed by atoms with Crippen molar-refractivity contribution in [2.45, 2.75) is 6.55 Å². The summed E-state index contributed by atoms with van der Waals surface area (Å²) < 4.78 is 27.2. The van der Waals surface area contributed by atoms with E-state index in [2.05, 4.69) is 4.74 Å². The third-order valence-electron chi connectivity index (χ3n) is 0.837. The Morgan fingerprint density at radius 2 is 2.27 bits per heavy atom. The fourth-order valence-corrected chi connectivity index (χ4v) is 0.403. The number of nitrogens with one attached hydrogen (secondary N) is 1. The molecule has 11 heavy (non-hydrogen) atoms. The van der Waals surface area contributed by atoms with Gasteiger partial charge in [-0.1, -0.05) is 0 Å². The second-order valence-corrected chi connectivity index (χ2v) is 1.52. The van der Waals surface area contributed by atoms with E-state index in [1.807, 2.05) is 0 Å². The maximum atomic E-state index is 11.6. The summed E-state index contributed by atoms with van der Waals surface area (Å²) in [6.45, 7) is -2.83. The predicted octanol–water partition coefficient (Wildman–Crippen LogP) is -0.228. The highest BCUT2D eigenvalue weighted by Gasteiger charge is 2.12. The van der Waals surface area contributed by atoms with Crippen molar-refractivity contribution in [3.63, 3.8) is 0 Å². The number of methoxy groups -OCH3 is 1. The van der Waals surface area contributed by atoms with Crippen molar-refractivity contribution in [2.24, 2.45) is 5.73 Å². The average molecular weight is 166 g/mol. The molecule has 4 nitrogen and oxygen atoms in total. The highest BCUT2D eigenvalue weighted by Crippen LogP contribution is 1.95. The van der Waals surface area contributed by atoms with Crippen LogP contribution < -0.4 is 11.1 Å². The molecule has 0 radical (unpaired) electrons. The lowest BCUT2D eigenvalue weighted by molar-refractivity contribution is -0.137. The molecule has 0 heterocycles. The van der Waals surface area contributed by atoms with E-state index in [0.29, 0.717) is 0 Å². The molecule has 0 aromatic heterocycles. The summed E-state index contributed by atoms with van der Waals surface area (Å²) in [7, 11) is 1.07. The van der Waals surface area contributed by atoms with E-state index < -0.39 is 18.2 Å². The summed E-state index contributed by atoms with van der Waals surface area (Å²) in [5.74, 6) is -0.923. The van der Waals surface area contributed by atoms with Gasteiger partial charge in [-0.25, -0.2) is 4.79 Å². The normalized spacial score (nSPS) is 11.5. The van der Waals surface area contributed by atoms with Crippen LogP contribution in [0.4, 0.5) is 8.78 Å². The SMILES string of the molecule is COC(=O)/C(=C/N)NC(F)F. The van der Waals surface area contributed by atoms with Gasteiger partial charge in [0.2, 0.25) is 0 Å². The summed E-state index contributed by atoms with van der Waals surface area (Å²) in [6.07, 6.45) is 0.720. The molecule has 0 bridgehead atoms. The number of hydrogen-bond donors (Lipinski definition) is 2. The number of alkyl halides is 2. The molecule has 0 spiro atoms. The van der Waals surface area contributed by atoms with Gasteiger partial charge in [0, 0.05) is 6.20 Å². The van der Waals surface area contributed by atoms with Crippen LogP contribution in [0.15, 0.2) is 11.9 Å². The Labute approximate surface area is 62.0 Å². The maximum Gasteiger partial charge on any atom is 0.355 e. The number of hydrogen-bond acceptors (Lipinski definition) is 4. The fraction of sp³-hybridized carbons (Fsp3) is 0.400. The van der Waals surface area contributed by atoms with Crippen molar-refractivity contribution in [1.29, 1.82) is 0 Å². The quantitative estimate of drug-likeness (QED) is 0.345. The number of nitrogens with two attached hydrogens (primary N) is 1. The number of rotatable bonds is 3. The molecule has 0 amide bonds. The molecular weight excluding hydrogens is 158 g/mol. The summed E-state index contributed by atoms with van der Waals surface area (Å²) in [6, 6.07) is 0. The van der Waals surface area contributed by atoms with Crippen LogP contribution in [-0.2, 0) is 9.53 Å². The Morgan fingerprint density at radius 1 is 1.73 bits per heavy atom. The van der Waals surface area contributed by atoms with Gasteiger partial charge in [-0.15, -0.1) is 0 Å². The smallest absolute Gasteiger partial charge is 0.355 e. The first kappa shape index (κ1) is 9.67. The van der Waals surface area contributed by atoms with Gasteiger partial charge in [0.15, 0.2) is 0 Å². The van der Waals surface area contributed by atoms with E-state index in [1.165, 1.54) is 5.32 Å². The minimum atomic E-state index is -2.83. The molecule has 0 aromatic carbocycles. The van der Waals surface area contributed by atoms with E-state index >= 15 is 0 Å². The standard InChI is InChI=1S/C5H8F2N2O2/c1-11-4(10)3(2-8)9-5(6)7/h2,5,9H,8H2,1H3/b3-2-. The molecule has 0 unspecified atom stereocenters. The topological polar surface area (TPSA) is 64.3 Å². The van der Waals surface area contributed by atoms with Crippen LogP contribution in [0.1, 0.15) is 0 Å². The summed E-state index contributed by atoms with van der Waals surface area (Å²) in [5.41, 5.74) is 4.38. The van der Waals surface area contributed by atoms with Crippen LogP contribution in [0.3, 0.4) is 0 Å². The summed E-state index contributed by atoms with van der Waals surface area (Å²) in [4.78, 5) is 10.5. The van der Waals surface area contributed by atoms with E-state index in [9.17, 15) is 13.6 Å². The highest BCUT2D eigenvalue weighted by atomic mass is 19.3. The van der Waals surface area contributed by atoms with Gasteiger partial charge in [-0.05, 0) is 0 Å². The zero-order chi connectivity index (χ0) is 8.85. The molecule has 0 saturated heterocycles. The molecule has 6 heteroatoms. The molecule has 3 N–H and O–H groups in total. The summed E-state index contributed by atoms with van der Waals surface area (Å²) in [5, 5.41) is 1.51. The van der Waals surface area contributed by atoms with Crippen LogP contribution in [0, 0.1) is 0 Å². The first-order chi connectivity index (χ1) is 5.11. The van der Waals surface area contributed by atoms with Crippen LogP contribution in [-0.4, -0.2) is 19.6 Å². The minimum absolute atomic E-state index is 0.456. The highest BCUT2D eigenvalue weighted by molar-refractivity contribution is 5.87. The zero-order valence-electron chi connectivity index (χ0n) is 5.80. The summed E-state index contributed by atoms with van der Waals surface area (Å²) >= 11 is 0. The number of halogens is 2. The van der Waals surface area contributed by atoms with Gasteiger partial charge in [0.1, 0.15) is 5.70 Å². The van der Waals surface area contributed by atoms with Gasteiger partial charge < -0.3 is 15.8 Å². The lowest BCUT2D eigenvalue weighted by Crippen LogP contribution is -2.26. The number of esters is 1. The van der Waals surface area contributed by atoms with Gasteiger partial charge in [-0.3, -0.25) is 0 Å². The molecule has 0 rings (SSSR count). The third kappa shape index (κ3) is 3.39. The third-order valence-corrected chi connectivity index (χ3v) is 0.837. The molecule has 64 valence electrons. The van der Waals surface area contributed by atoms with Gasteiger partial charge in [0.05, 0.1) is 7.11 Å². The number of ether oxygens (including phenoxy) is 1. The van der Waals surface area contributed by atoms with Crippen LogP contribution in [0.5, 0.6) is 0 Å². The lowest BCUT2D eigenvalue weighted by atomic mass is 10.5. The van der Waals surface area contributed by atoms with Crippen molar-refractivity contribution in [3.05, 3.63) is 11.9 Å². The van der Waals surface area contributed by atoms with Crippen molar-refractivity contribution in [1.82, 2.24) is 5.32 Å². The Bertz CT molecular complexity index is 170. The van der Waals surface area contributed by atoms with E-state index in [-0.39, 0.29) is 0 Å². The number of carbonyl (C=O) groups excluding carboxylic acids is 1. The second-order valence-electron chi connectivity index (χ2n) is 1.52. The molecule has 0 saturated carbocycles. The van der Waals surface area contributed by atoms with E-state index in [4.69, 9.17) is 5.73 Å². The lowest BCUT2D eigenvalue weighted by Gasteiger charge is -2.05. The zero-order valence-corrected chi connectivity index (χ0v) is 5.80. The first-order valence-electron chi connectivity index (χ1n) is 2.66. The Balaban J connectivity index is 4.09. The average Bonchev–Trinajstić information content (AvgIpc) is 1.98. The van der Waals surface area contributed by atoms with Crippen molar-refractivity contribution >= 4 is 5.97 Å². The molecule has 0 atom stereocenters.